The van der Waals surface area contributed by atoms with Gasteiger partial charge in [-0.1, -0.05) is 48.0 Å². The van der Waals surface area contributed by atoms with Crippen molar-refractivity contribution in [2.75, 3.05) is 6.54 Å². The predicted octanol–water partition coefficient (Wildman–Crippen LogP) is -4.23. The Bertz CT molecular complexity index is 1090. The first-order valence-corrected chi connectivity index (χ1v) is 11.8. The predicted molar refractivity (Wildman–Crippen MR) is 128 cm³/mol. The third-order valence-electron chi connectivity index (χ3n) is 6.08. The van der Waals surface area contributed by atoms with Crippen LogP contribution >= 0.6 is 0 Å². The van der Waals surface area contributed by atoms with Crippen LogP contribution in [0, 0.1) is 6.92 Å². The fraction of sp³-hybridized carbons (Fsp3) is 0.423. The summed E-state index contributed by atoms with van der Waals surface area (Å²) in [5.41, 5.74) is 1.90. The summed E-state index contributed by atoms with van der Waals surface area (Å²) in [5, 5.41) is 49.3. The van der Waals surface area contributed by atoms with Gasteiger partial charge in [-0.15, -0.1) is 0 Å². The number of amides is 2. The monoisotopic (exact) mass is 538 g/mol. The minimum atomic E-state index is -2.49. The molecule has 1 saturated heterocycles. The van der Waals surface area contributed by atoms with Crippen molar-refractivity contribution < 1.29 is 73.8 Å². The summed E-state index contributed by atoms with van der Waals surface area (Å²) >= 11 is 0. The Morgan fingerprint density at radius 2 is 1.76 bits per heavy atom. The van der Waals surface area contributed by atoms with Gasteiger partial charge in [0.25, 0.3) is 5.91 Å². The molecule has 0 aromatic heterocycles. The molecule has 38 heavy (non-hydrogen) atoms. The van der Waals surface area contributed by atoms with Gasteiger partial charge in [-0.25, -0.2) is 0 Å². The quantitative estimate of drug-likeness (QED) is 0.188. The molecule has 11 nitrogen and oxygen atoms in total. The number of aryl methyl sites for hydroxylation is 1. The molecule has 0 bridgehead atoms. The van der Waals surface area contributed by atoms with E-state index in [0.29, 0.717) is 11.1 Å². The fourth-order valence-electron chi connectivity index (χ4n) is 4.06. The molecular formula is C26H31N2NaO9. The van der Waals surface area contributed by atoms with E-state index in [-0.39, 0.29) is 36.2 Å². The molecule has 2 aromatic rings. The number of hydrogen-bond acceptors (Lipinski definition) is 9. The van der Waals surface area contributed by atoms with E-state index in [9.17, 15) is 34.8 Å². The Hall–Kier alpha value is -2.35. The number of nitrogens with one attached hydrogen (secondary N) is 2. The molecule has 5 N–H and O–H groups in total. The Morgan fingerprint density at radius 3 is 2.34 bits per heavy atom. The van der Waals surface area contributed by atoms with Gasteiger partial charge in [-0.05, 0) is 24.6 Å². The average Bonchev–Trinajstić information content (AvgIpc) is 2.87. The van der Waals surface area contributed by atoms with Crippen molar-refractivity contribution in [2.45, 2.75) is 63.1 Å². The molecule has 0 spiro atoms. The molecule has 3 rings (SSSR count). The number of carboxylic acids is 1. The summed E-state index contributed by atoms with van der Waals surface area (Å²) in [6.07, 6.45) is -7.29. The second-order valence-corrected chi connectivity index (χ2v) is 9.03. The number of benzene rings is 2. The third kappa shape index (κ3) is 8.08. The number of rotatable bonds is 10. The number of aliphatic hydroxyl groups excluding tert-OH is 3. The van der Waals surface area contributed by atoms with E-state index < -0.39 is 67.0 Å². The van der Waals surface area contributed by atoms with Gasteiger partial charge < -0.3 is 45.3 Å². The molecule has 1 aliphatic heterocycles. The molecule has 2 amide bonds. The maximum atomic E-state index is 12.4. The molecule has 200 valence electrons. The van der Waals surface area contributed by atoms with E-state index in [0.717, 1.165) is 5.56 Å². The zero-order valence-corrected chi connectivity index (χ0v) is 23.5. The van der Waals surface area contributed by atoms with Crippen LogP contribution in [0.1, 0.15) is 34.8 Å². The largest absolute Gasteiger partial charge is 1.00 e. The zero-order chi connectivity index (χ0) is 27.2. The second-order valence-electron chi connectivity index (χ2n) is 9.03. The van der Waals surface area contributed by atoms with Crippen LogP contribution in [0.25, 0.3) is 0 Å². The molecule has 0 unspecified atom stereocenters. The molecule has 12 heteroatoms. The van der Waals surface area contributed by atoms with Gasteiger partial charge in [-0.2, -0.15) is 0 Å². The second kappa shape index (κ2) is 14.2. The van der Waals surface area contributed by atoms with Crippen LogP contribution in [-0.4, -0.2) is 75.9 Å². The maximum absolute atomic E-state index is 12.4. The summed E-state index contributed by atoms with van der Waals surface area (Å²) in [5.74, 6) is -5.38. The van der Waals surface area contributed by atoms with Crippen LogP contribution in [0.3, 0.4) is 0 Å². The van der Waals surface area contributed by atoms with Crippen LogP contribution in [0.15, 0.2) is 54.6 Å². The smallest absolute Gasteiger partial charge is 0.544 e. The van der Waals surface area contributed by atoms with Gasteiger partial charge in [0.05, 0.1) is 24.9 Å². The van der Waals surface area contributed by atoms with Crippen LogP contribution in [0.2, 0.25) is 0 Å². The van der Waals surface area contributed by atoms with Crippen molar-refractivity contribution in [3.63, 3.8) is 0 Å². The Morgan fingerprint density at radius 1 is 1.13 bits per heavy atom. The molecule has 1 aliphatic rings. The first kappa shape index (κ1) is 31.9. The standard InChI is InChI=1S/C26H32N2O9.Na/c1-15-8-10-18(11-9-15)24(33)27-13-20(31)22(32)23-21(28-16(2)29)19(30)12-26(37-23,25(34)35)36-14-17-6-4-3-5-7-17;/h3-11,19-23,30-32H,12-14H2,1-2H3,(H,27,33)(H,28,29)(H,34,35);/q;+1/p-1/t19-,20+,21-,22-,23-,26+;/m0./s1. The normalized spacial score (nSPS) is 24.4. The van der Waals surface area contributed by atoms with Crippen molar-refractivity contribution in [3.8, 4) is 0 Å². The van der Waals surface area contributed by atoms with Gasteiger partial charge in [0.15, 0.2) is 0 Å². The molecular weight excluding hydrogens is 507 g/mol. The number of hydrogen-bond donors (Lipinski definition) is 5. The number of aliphatic carboxylic acids is 1. The van der Waals surface area contributed by atoms with E-state index in [2.05, 4.69) is 10.6 Å². The Balaban J connectivity index is 0.00000507. The summed E-state index contributed by atoms with van der Waals surface area (Å²) in [4.78, 5) is 36.3. The summed E-state index contributed by atoms with van der Waals surface area (Å²) < 4.78 is 11.2. The summed E-state index contributed by atoms with van der Waals surface area (Å²) in [6.45, 7) is 2.38. The molecule has 0 radical (unpaired) electrons. The van der Waals surface area contributed by atoms with Gasteiger partial charge in [0.1, 0.15) is 18.2 Å². The third-order valence-corrected chi connectivity index (χ3v) is 6.08. The van der Waals surface area contributed by atoms with Crippen LogP contribution in [0.4, 0.5) is 0 Å². The number of carboxylic acid groups (broad SMARTS) is 1. The molecule has 0 saturated carbocycles. The first-order valence-electron chi connectivity index (χ1n) is 11.8. The number of aliphatic hydroxyl groups is 3. The summed E-state index contributed by atoms with van der Waals surface area (Å²) in [6, 6.07) is 14.0. The average molecular weight is 539 g/mol. The topological polar surface area (TPSA) is 177 Å². The Kier molecular flexibility index (Phi) is 11.9. The Labute approximate surface area is 242 Å². The number of carbonyl (C=O) groups excluding carboxylic acids is 3. The van der Waals surface area contributed by atoms with Gasteiger partial charge in [-0.3, -0.25) is 9.59 Å². The van der Waals surface area contributed by atoms with Crippen LogP contribution < -0.4 is 45.3 Å². The van der Waals surface area contributed by atoms with Crippen molar-refractivity contribution >= 4 is 17.8 Å². The minimum Gasteiger partial charge on any atom is -0.544 e. The molecule has 2 aromatic carbocycles. The van der Waals surface area contributed by atoms with E-state index in [1.165, 1.54) is 6.92 Å². The number of carbonyl (C=O) groups is 3. The first-order chi connectivity index (χ1) is 17.5. The van der Waals surface area contributed by atoms with E-state index in [4.69, 9.17) is 9.47 Å². The van der Waals surface area contributed by atoms with E-state index in [1.54, 1.807) is 54.6 Å². The molecule has 6 atom stereocenters. The van der Waals surface area contributed by atoms with Crippen molar-refractivity contribution in [1.82, 2.24) is 10.6 Å². The van der Waals surface area contributed by atoms with Gasteiger partial charge >= 0.3 is 29.6 Å². The zero-order valence-electron chi connectivity index (χ0n) is 21.5. The SMILES string of the molecule is CC(=O)N[C@@H]1[C@@H]([C@@H](O)[C@H](O)CNC(=O)c2ccc(C)cc2)O[C@@](OCc2ccccc2)(C(=O)[O-])C[C@@H]1O.[Na+]. The fourth-order valence-corrected chi connectivity index (χ4v) is 4.06. The van der Waals surface area contributed by atoms with Crippen molar-refractivity contribution in [3.05, 3.63) is 71.3 Å². The number of ether oxygens (including phenoxy) is 2. The van der Waals surface area contributed by atoms with Gasteiger partial charge in [0.2, 0.25) is 11.7 Å². The molecule has 0 aliphatic carbocycles. The van der Waals surface area contributed by atoms with Crippen molar-refractivity contribution in [2.24, 2.45) is 0 Å². The van der Waals surface area contributed by atoms with Crippen LogP contribution in [-0.2, 0) is 25.7 Å². The molecule has 1 fully saturated rings. The van der Waals surface area contributed by atoms with E-state index >= 15 is 0 Å². The van der Waals surface area contributed by atoms with Crippen molar-refractivity contribution in [1.29, 1.82) is 0 Å². The molecule has 1 heterocycles. The summed E-state index contributed by atoms with van der Waals surface area (Å²) in [7, 11) is 0. The van der Waals surface area contributed by atoms with Gasteiger partial charge in [0, 0.05) is 25.5 Å². The van der Waals surface area contributed by atoms with E-state index in [1.807, 2.05) is 6.92 Å². The minimum absolute atomic E-state index is 0. The maximum Gasteiger partial charge on any atom is 1.00 e. The van der Waals surface area contributed by atoms with Crippen LogP contribution in [0.5, 0.6) is 0 Å².